The summed E-state index contributed by atoms with van der Waals surface area (Å²) >= 11 is 5.48. The molecule has 1 heterocycles. The van der Waals surface area contributed by atoms with Crippen LogP contribution in [-0.2, 0) is 17.6 Å². The average molecular weight is 562 g/mol. The van der Waals surface area contributed by atoms with Crippen molar-refractivity contribution in [3.63, 3.8) is 0 Å². The molecule has 0 aliphatic heterocycles. The number of halogens is 3. The number of imidazole rings is 1. The maximum Gasteiger partial charge on any atom is 0.573 e. The fourth-order valence-corrected chi connectivity index (χ4v) is 5.11. The van der Waals surface area contributed by atoms with E-state index in [4.69, 9.17) is 12.2 Å². The van der Waals surface area contributed by atoms with Crippen molar-refractivity contribution in [1.29, 1.82) is 0 Å². The predicted molar refractivity (Wildman–Crippen MR) is 154 cm³/mol. The van der Waals surface area contributed by atoms with Crippen LogP contribution in [-0.4, -0.2) is 26.8 Å². The Morgan fingerprint density at radius 2 is 1.75 bits per heavy atom. The molecule has 5 aromatic rings. The molecule has 5 nitrogen and oxygen atoms in total. The molecule has 9 heteroatoms. The van der Waals surface area contributed by atoms with E-state index in [1.54, 1.807) is 23.0 Å². The number of ether oxygens (including phenoxy) is 1. The first-order valence-corrected chi connectivity index (χ1v) is 13.1. The summed E-state index contributed by atoms with van der Waals surface area (Å²) in [5.74, 6) is -0.0953. The molecular weight excluding hydrogens is 535 g/mol. The van der Waals surface area contributed by atoms with E-state index in [-0.39, 0.29) is 18.1 Å². The summed E-state index contributed by atoms with van der Waals surface area (Å²) < 4.78 is 43.2. The number of aromatic nitrogens is 2. The first-order chi connectivity index (χ1) is 19.1. The van der Waals surface area contributed by atoms with Gasteiger partial charge in [-0.3, -0.25) is 9.36 Å². The van der Waals surface area contributed by atoms with Crippen LogP contribution < -0.4 is 10.1 Å². The molecule has 0 saturated carbocycles. The van der Waals surface area contributed by atoms with Crippen molar-refractivity contribution >= 4 is 44.9 Å². The van der Waals surface area contributed by atoms with Crippen LogP contribution >= 0.6 is 12.2 Å². The quantitative estimate of drug-likeness (QED) is 0.210. The van der Waals surface area contributed by atoms with Crippen molar-refractivity contribution in [3.8, 4) is 11.4 Å². The van der Waals surface area contributed by atoms with Crippen LogP contribution in [0.3, 0.4) is 0 Å². The third kappa shape index (κ3) is 6.15. The summed E-state index contributed by atoms with van der Waals surface area (Å²) in [6, 6.07) is 23.3. The lowest BCUT2D eigenvalue weighted by atomic mass is 9.95. The summed E-state index contributed by atoms with van der Waals surface area (Å²) in [5, 5.41) is 4.69. The SMILES string of the molecule is CC(C)c1ccccc1CC(=S)NC(=O)Cc1ccc2c(ccc3c2ncn3-c2ccc(OC(F)(F)F)cc2)c1. The van der Waals surface area contributed by atoms with Crippen molar-refractivity contribution in [2.45, 2.75) is 39.0 Å². The van der Waals surface area contributed by atoms with Crippen molar-refractivity contribution in [1.82, 2.24) is 14.9 Å². The Hall–Kier alpha value is -4.24. The van der Waals surface area contributed by atoms with E-state index >= 15 is 0 Å². The van der Waals surface area contributed by atoms with E-state index in [1.807, 2.05) is 48.5 Å². The van der Waals surface area contributed by atoms with Crippen molar-refractivity contribution < 1.29 is 22.7 Å². The second kappa shape index (κ2) is 11.1. The van der Waals surface area contributed by atoms with Gasteiger partial charge in [0.2, 0.25) is 5.91 Å². The zero-order valence-electron chi connectivity index (χ0n) is 21.8. The molecule has 0 bridgehead atoms. The van der Waals surface area contributed by atoms with Gasteiger partial charge in [-0.05, 0) is 58.3 Å². The Morgan fingerprint density at radius 1 is 1.00 bits per heavy atom. The molecule has 0 aliphatic rings. The molecule has 0 fully saturated rings. The third-order valence-electron chi connectivity index (χ3n) is 6.62. The molecule has 0 radical (unpaired) electrons. The smallest absolute Gasteiger partial charge is 0.406 e. The molecule has 0 aliphatic carbocycles. The minimum Gasteiger partial charge on any atom is -0.406 e. The highest BCUT2D eigenvalue weighted by Crippen LogP contribution is 2.29. The van der Waals surface area contributed by atoms with E-state index in [0.29, 0.717) is 23.0 Å². The van der Waals surface area contributed by atoms with Gasteiger partial charge in [0, 0.05) is 17.5 Å². The molecule has 4 aromatic carbocycles. The summed E-state index contributed by atoms with van der Waals surface area (Å²) in [7, 11) is 0. The number of alkyl halides is 3. The summed E-state index contributed by atoms with van der Waals surface area (Å²) in [5.41, 5.74) is 5.37. The monoisotopic (exact) mass is 561 g/mol. The van der Waals surface area contributed by atoms with Gasteiger partial charge in [0.15, 0.2) is 0 Å². The first-order valence-electron chi connectivity index (χ1n) is 12.7. The summed E-state index contributed by atoms with van der Waals surface area (Å²) in [6.45, 7) is 4.26. The lowest BCUT2D eigenvalue weighted by Gasteiger charge is -2.13. The molecule has 204 valence electrons. The van der Waals surface area contributed by atoms with Gasteiger partial charge in [0.05, 0.1) is 22.4 Å². The van der Waals surface area contributed by atoms with Gasteiger partial charge in [-0.15, -0.1) is 13.2 Å². The number of thiocarbonyl (C=S) groups is 1. The summed E-state index contributed by atoms with van der Waals surface area (Å²) in [6.07, 6.45) is -2.43. The molecule has 5 rings (SSSR count). The number of hydrogen-bond donors (Lipinski definition) is 1. The minimum absolute atomic E-state index is 0.172. The van der Waals surface area contributed by atoms with Gasteiger partial charge in [0.1, 0.15) is 12.1 Å². The minimum atomic E-state index is -4.74. The standard InChI is InChI=1S/C31H26F3N3O2S/c1-19(2)25-6-4-3-5-21(25)17-29(40)36-28(38)16-20-7-13-26-22(15-20)8-14-27-30(26)35-18-37(27)23-9-11-24(12-10-23)39-31(32,33)34/h3-15,18-19H,16-17H2,1-2H3,(H,36,38,40). The van der Waals surface area contributed by atoms with Crippen LogP contribution in [0.5, 0.6) is 5.75 Å². The molecule has 0 saturated heterocycles. The maximum atomic E-state index is 12.8. The lowest BCUT2D eigenvalue weighted by Crippen LogP contribution is -2.31. The Labute approximate surface area is 234 Å². The van der Waals surface area contributed by atoms with E-state index in [2.05, 4.69) is 35.0 Å². The van der Waals surface area contributed by atoms with Gasteiger partial charge in [0.25, 0.3) is 0 Å². The average Bonchev–Trinajstić information content (AvgIpc) is 3.32. The van der Waals surface area contributed by atoms with Crippen molar-refractivity contribution in [2.75, 3.05) is 0 Å². The van der Waals surface area contributed by atoms with Crippen molar-refractivity contribution in [3.05, 3.63) is 102 Å². The number of hydrogen-bond acceptors (Lipinski definition) is 4. The Morgan fingerprint density at radius 3 is 2.48 bits per heavy atom. The van der Waals surface area contributed by atoms with Crippen LogP contribution in [0.25, 0.3) is 27.5 Å². The number of nitrogens with zero attached hydrogens (tertiary/aromatic N) is 2. The molecule has 0 spiro atoms. The van der Waals surface area contributed by atoms with Gasteiger partial charge < -0.3 is 10.1 Å². The number of nitrogens with one attached hydrogen (secondary N) is 1. The number of fused-ring (bicyclic) bond motifs is 3. The number of rotatable bonds is 7. The van der Waals surface area contributed by atoms with Gasteiger partial charge in [-0.25, -0.2) is 4.98 Å². The topological polar surface area (TPSA) is 56.2 Å². The summed E-state index contributed by atoms with van der Waals surface area (Å²) in [4.78, 5) is 17.8. The van der Waals surface area contributed by atoms with Gasteiger partial charge in [-0.1, -0.05) is 74.6 Å². The number of benzene rings is 4. The Balaban J connectivity index is 1.30. The number of amides is 1. The molecule has 40 heavy (non-hydrogen) atoms. The zero-order chi connectivity index (χ0) is 28.4. The maximum absolute atomic E-state index is 12.8. The molecular formula is C31H26F3N3O2S. The van der Waals surface area contributed by atoms with E-state index in [0.717, 1.165) is 32.9 Å². The van der Waals surface area contributed by atoms with E-state index in [9.17, 15) is 18.0 Å². The fourth-order valence-electron chi connectivity index (χ4n) is 4.84. The van der Waals surface area contributed by atoms with Crippen LogP contribution in [0.2, 0.25) is 0 Å². The highest BCUT2D eigenvalue weighted by atomic mass is 32.1. The van der Waals surface area contributed by atoms with Crippen LogP contribution in [0, 0.1) is 0 Å². The molecule has 1 aromatic heterocycles. The fraction of sp³-hybridized carbons (Fsp3) is 0.194. The van der Waals surface area contributed by atoms with Gasteiger partial charge >= 0.3 is 6.36 Å². The lowest BCUT2D eigenvalue weighted by molar-refractivity contribution is -0.274. The highest BCUT2D eigenvalue weighted by molar-refractivity contribution is 7.80. The van der Waals surface area contributed by atoms with Gasteiger partial charge in [-0.2, -0.15) is 0 Å². The predicted octanol–water partition coefficient (Wildman–Crippen LogP) is 7.43. The normalized spacial score (nSPS) is 11.8. The molecule has 1 amide bonds. The zero-order valence-corrected chi connectivity index (χ0v) is 22.6. The Bertz CT molecular complexity index is 1710. The Kier molecular flexibility index (Phi) is 7.58. The molecule has 0 atom stereocenters. The van der Waals surface area contributed by atoms with Crippen LogP contribution in [0.15, 0.2) is 85.2 Å². The van der Waals surface area contributed by atoms with Crippen molar-refractivity contribution in [2.24, 2.45) is 0 Å². The molecule has 0 unspecified atom stereocenters. The number of carbonyl (C=O) groups is 1. The largest absolute Gasteiger partial charge is 0.573 e. The molecule has 1 N–H and O–H groups in total. The third-order valence-corrected chi connectivity index (χ3v) is 6.86. The highest BCUT2D eigenvalue weighted by Gasteiger charge is 2.31. The second-order valence-electron chi connectivity index (χ2n) is 9.82. The van der Waals surface area contributed by atoms with Crippen LogP contribution in [0.1, 0.15) is 36.5 Å². The first kappa shape index (κ1) is 27.3. The van der Waals surface area contributed by atoms with Crippen LogP contribution in [0.4, 0.5) is 13.2 Å². The van der Waals surface area contributed by atoms with E-state index in [1.165, 1.54) is 17.7 Å². The van der Waals surface area contributed by atoms with E-state index < -0.39 is 6.36 Å². The second-order valence-corrected chi connectivity index (χ2v) is 10.3. The number of carbonyl (C=O) groups excluding carboxylic acids is 1.